The molecule has 9 nitrogen and oxygen atoms in total. The number of benzene rings is 4. The van der Waals surface area contributed by atoms with E-state index in [-0.39, 0.29) is 36.4 Å². The highest BCUT2D eigenvalue weighted by molar-refractivity contribution is 7.89. The van der Waals surface area contributed by atoms with Crippen LogP contribution in [0.1, 0.15) is 32.3 Å². The molecular formula is C34H39N3O6S. The molecule has 0 radical (unpaired) electrons. The van der Waals surface area contributed by atoms with Gasteiger partial charge < -0.3 is 20.8 Å². The number of fused-ring (bicyclic) bond motifs is 1. The molecule has 0 bridgehead atoms. The summed E-state index contributed by atoms with van der Waals surface area (Å²) >= 11 is 0. The molecule has 4 rings (SSSR count). The number of nitrogens with one attached hydrogen (secondary N) is 2. The van der Waals surface area contributed by atoms with E-state index >= 15 is 0 Å². The van der Waals surface area contributed by atoms with E-state index in [1.165, 1.54) is 29.4 Å². The number of aliphatic carboxylic acids is 1. The van der Waals surface area contributed by atoms with Crippen LogP contribution in [0.4, 0.5) is 5.69 Å². The van der Waals surface area contributed by atoms with E-state index < -0.39 is 28.0 Å². The molecule has 4 N–H and O–H groups in total. The van der Waals surface area contributed by atoms with Crippen LogP contribution in [0.5, 0.6) is 0 Å². The average Bonchev–Trinajstić information content (AvgIpc) is 2.99. The number of carboxylic acid groups (broad SMARTS) is 1. The fourth-order valence-corrected chi connectivity index (χ4v) is 6.24. The van der Waals surface area contributed by atoms with Crippen LogP contribution >= 0.6 is 0 Å². The summed E-state index contributed by atoms with van der Waals surface area (Å²) < 4.78 is 27.9. The number of nitrogens with zero attached hydrogens (tertiary/aromatic N) is 1. The van der Waals surface area contributed by atoms with Crippen molar-refractivity contribution in [3.8, 4) is 11.1 Å². The van der Waals surface area contributed by atoms with Crippen LogP contribution in [0.3, 0.4) is 0 Å². The second-order valence-corrected chi connectivity index (χ2v) is 13.7. The van der Waals surface area contributed by atoms with Crippen molar-refractivity contribution < 1.29 is 28.2 Å². The summed E-state index contributed by atoms with van der Waals surface area (Å²) in [5.74, 6) is -1.44. The van der Waals surface area contributed by atoms with Crippen LogP contribution in [-0.2, 0) is 26.0 Å². The zero-order valence-corrected chi connectivity index (χ0v) is 26.0. The van der Waals surface area contributed by atoms with E-state index in [2.05, 4.69) is 54.8 Å². The number of carboxylic acids is 1. The van der Waals surface area contributed by atoms with Gasteiger partial charge in [0.1, 0.15) is 0 Å². The number of rotatable bonds is 14. The molecule has 0 saturated carbocycles. The second-order valence-electron chi connectivity index (χ2n) is 11.6. The maximum atomic E-state index is 13.4. The highest BCUT2D eigenvalue weighted by Gasteiger charge is 2.25. The minimum atomic E-state index is -3.88. The van der Waals surface area contributed by atoms with E-state index in [0.29, 0.717) is 11.3 Å². The van der Waals surface area contributed by atoms with Gasteiger partial charge in [-0.1, -0.05) is 66.7 Å². The lowest BCUT2D eigenvalue weighted by Gasteiger charge is -2.29. The Morgan fingerprint density at radius 1 is 0.864 bits per heavy atom. The Hall–Kier alpha value is -4.09. The molecule has 1 amide bonds. The summed E-state index contributed by atoms with van der Waals surface area (Å²) in [7, 11) is -2.43. The van der Waals surface area contributed by atoms with E-state index in [1.807, 2.05) is 12.1 Å². The molecule has 0 aromatic heterocycles. The van der Waals surface area contributed by atoms with E-state index in [1.54, 1.807) is 42.5 Å². The molecule has 44 heavy (non-hydrogen) atoms. The molecule has 0 heterocycles. The Morgan fingerprint density at radius 3 is 2.27 bits per heavy atom. The zero-order valence-electron chi connectivity index (χ0n) is 25.2. The molecule has 4 aromatic carbocycles. The third kappa shape index (κ3) is 8.96. The standard InChI is InChI=1S/C34H39N3O6S/c1-34(2,21-24-11-12-25-7-4-5-8-27(25)19-24)35-22-30(38)23-37(3)44(42,43)31-10-6-9-28(20-31)26-13-15-29(16-14-26)36-32(39)17-18-33(40)41/h4-16,19-20,30,35,38H,17-18,21-23H2,1-3H3,(H,36,39)(H,40,41). The van der Waals surface area contributed by atoms with Crippen LogP contribution in [-0.4, -0.2) is 66.6 Å². The predicted molar refractivity (Wildman–Crippen MR) is 173 cm³/mol. The lowest BCUT2D eigenvalue weighted by atomic mass is 9.93. The van der Waals surface area contributed by atoms with Crippen LogP contribution in [0.15, 0.2) is 95.9 Å². The Labute approximate surface area is 258 Å². The molecule has 0 saturated heterocycles. The maximum Gasteiger partial charge on any atom is 0.303 e. The monoisotopic (exact) mass is 617 g/mol. The number of carbonyl (C=O) groups is 2. The highest BCUT2D eigenvalue weighted by Crippen LogP contribution is 2.26. The van der Waals surface area contributed by atoms with Gasteiger partial charge in [-0.3, -0.25) is 9.59 Å². The fourth-order valence-electron chi connectivity index (χ4n) is 4.98. The van der Waals surface area contributed by atoms with Crippen molar-refractivity contribution in [2.24, 2.45) is 0 Å². The number of carbonyl (C=O) groups excluding carboxylic acids is 1. The molecule has 232 valence electrons. The number of likely N-dealkylation sites (N-methyl/N-ethyl adjacent to an activating group) is 1. The molecule has 0 aliphatic carbocycles. The summed E-state index contributed by atoms with van der Waals surface area (Å²) in [4.78, 5) is 22.7. The lowest BCUT2D eigenvalue weighted by Crippen LogP contribution is -2.47. The van der Waals surface area contributed by atoms with Crippen molar-refractivity contribution in [1.82, 2.24) is 9.62 Å². The first-order valence-electron chi connectivity index (χ1n) is 14.4. The van der Waals surface area contributed by atoms with Crippen molar-refractivity contribution in [2.45, 2.75) is 49.6 Å². The van der Waals surface area contributed by atoms with E-state index in [9.17, 15) is 23.1 Å². The summed E-state index contributed by atoms with van der Waals surface area (Å²) in [5.41, 5.74) is 2.76. The summed E-state index contributed by atoms with van der Waals surface area (Å²) in [6.07, 6.45) is -0.564. The van der Waals surface area contributed by atoms with E-state index in [0.717, 1.165) is 16.3 Å². The molecule has 0 fully saturated rings. The van der Waals surface area contributed by atoms with Crippen LogP contribution in [0, 0.1) is 0 Å². The minimum absolute atomic E-state index is 0.0815. The summed E-state index contributed by atoms with van der Waals surface area (Å²) in [5, 5.41) is 27.9. The molecule has 0 aliphatic heterocycles. The van der Waals surface area contributed by atoms with Crippen LogP contribution < -0.4 is 10.6 Å². The Bertz CT molecular complexity index is 1720. The first-order valence-corrected chi connectivity index (χ1v) is 15.9. The van der Waals surface area contributed by atoms with Gasteiger partial charge >= 0.3 is 5.97 Å². The fraction of sp³-hybridized carbons (Fsp3) is 0.294. The molecule has 1 unspecified atom stereocenters. The predicted octanol–water partition coefficient (Wildman–Crippen LogP) is 4.90. The second kappa shape index (κ2) is 14.1. The summed E-state index contributed by atoms with van der Waals surface area (Å²) in [6.45, 7) is 4.25. The van der Waals surface area contributed by atoms with Gasteiger partial charge in [-0.2, -0.15) is 4.31 Å². The average molecular weight is 618 g/mol. The van der Waals surface area contributed by atoms with Gasteiger partial charge in [0.2, 0.25) is 15.9 Å². The first-order chi connectivity index (χ1) is 20.8. The largest absolute Gasteiger partial charge is 0.481 e. The van der Waals surface area contributed by atoms with Crippen molar-refractivity contribution in [1.29, 1.82) is 0 Å². The zero-order chi connectivity index (χ0) is 31.9. The van der Waals surface area contributed by atoms with Crippen LogP contribution in [0.25, 0.3) is 21.9 Å². The lowest BCUT2D eigenvalue weighted by molar-refractivity contribution is -0.138. The third-order valence-electron chi connectivity index (χ3n) is 7.35. The SMILES string of the molecule is CN(CC(O)CNC(C)(C)Cc1ccc2ccccc2c1)S(=O)(=O)c1cccc(-c2ccc(NC(=O)CCC(=O)O)cc2)c1. The van der Waals surface area contributed by atoms with Crippen molar-refractivity contribution in [3.63, 3.8) is 0 Å². The van der Waals surface area contributed by atoms with Gasteiger partial charge in [0.05, 0.1) is 17.4 Å². The van der Waals surface area contributed by atoms with Crippen molar-refractivity contribution >= 4 is 38.4 Å². The number of aliphatic hydroxyl groups is 1. The highest BCUT2D eigenvalue weighted by atomic mass is 32.2. The molecular weight excluding hydrogens is 578 g/mol. The van der Waals surface area contributed by atoms with E-state index in [4.69, 9.17) is 5.11 Å². The van der Waals surface area contributed by atoms with Crippen molar-refractivity contribution in [3.05, 3.63) is 96.6 Å². The van der Waals surface area contributed by atoms with Gasteiger partial charge in [-0.05, 0) is 72.0 Å². The van der Waals surface area contributed by atoms with Gasteiger partial charge in [-0.25, -0.2) is 8.42 Å². The van der Waals surface area contributed by atoms with Gasteiger partial charge in [0.15, 0.2) is 0 Å². The third-order valence-corrected chi connectivity index (χ3v) is 9.17. The smallest absolute Gasteiger partial charge is 0.303 e. The normalized spacial score (nSPS) is 12.8. The Kier molecular flexibility index (Phi) is 10.5. The minimum Gasteiger partial charge on any atom is -0.481 e. The van der Waals surface area contributed by atoms with Gasteiger partial charge in [0, 0.05) is 37.8 Å². The van der Waals surface area contributed by atoms with Gasteiger partial charge in [-0.15, -0.1) is 0 Å². The number of anilines is 1. The molecule has 0 spiro atoms. The first kappa shape index (κ1) is 32.8. The maximum absolute atomic E-state index is 13.4. The van der Waals surface area contributed by atoms with Crippen molar-refractivity contribution in [2.75, 3.05) is 25.5 Å². The van der Waals surface area contributed by atoms with Crippen LogP contribution in [0.2, 0.25) is 0 Å². The molecule has 10 heteroatoms. The Morgan fingerprint density at radius 2 is 1.57 bits per heavy atom. The topological polar surface area (TPSA) is 136 Å². The quantitative estimate of drug-likeness (QED) is 0.158. The summed E-state index contributed by atoms with van der Waals surface area (Å²) in [6, 6.07) is 27.9. The number of β-amino-alcohol motifs (C(OH)–C–C–N with tert-alkyl or cyclic N) is 1. The molecule has 0 aliphatic rings. The molecule has 1 atom stereocenters. The number of hydrogen-bond acceptors (Lipinski definition) is 6. The number of sulfonamides is 1. The molecule has 4 aromatic rings. The number of hydrogen-bond donors (Lipinski definition) is 4. The number of aliphatic hydroxyl groups excluding tert-OH is 1. The number of amides is 1. The Balaban J connectivity index is 1.34. The van der Waals surface area contributed by atoms with Gasteiger partial charge in [0.25, 0.3) is 0 Å².